The second-order valence-electron chi connectivity index (χ2n) is 6.68. The van der Waals surface area contributed by atoms with Crippen molar-refractivity contribution in [3.05, 3.63) is 59.2 Å². The maximum absolute atomic E-state index is 11.5. The fourth-order valence-corrected chi connectivity index (χ4v) is 3.53. The van der Waals surface area contributed by atoms with Crippen molar-refractivity contribution < 1.29 is 9.90 Å². The van der Waals surface area contributed by atoms with E-state index < -0.39 is 0 Å². The zero-order chi connectivity index (χ0) is 17.1. The number of rotatable bonds is 4. The van der Waals surface area contributed by atoms with Gasteiger partial charge in [0.25, 0.3) is 0 Å². The van der Waals surface area contributed by atoms with Crippen LogP contribution >= 0.6 is 0 Å². The number of nitrogens with two attached hydrogens (primary N) is 1. The summed E-state index contributed by atoms with van der Waals surface area (Å²) in [4.78, 5) is 11.5. The number of carbonyl (C=O) groups excluding carboxylic acids is 1. The molecule has 0 atom stereocenters. The Hall–Kier alpha value is -2.49. The molecule has 4 heteroatoms. The summed E-state index contributed by atoms with van der Waals surface area (Å²) >= 11 is 0. The molecule has 1 saturated carbocycles. The standard InChI is InChI=1S/C20H24N2O2/c1-13-2-7-17(12-19(13)20(21)24)22-16-8-3-14(4-9-16)15-5-10-18(23)11-6-15/h2,5-7,10-12,14,16,22-23H,3-4,8-9H2,1H3,(H2,21,24). The molecule has 2 aromatic rings. The number of carbonyl (C=O) groups is 1. The summed E-state index contributed by atoms with van der Waals surface area (Å²) in [6.45, 7) is 1.90. The van der Waals surface area contributed by atoms with Crippen LogP contribution in [0.5, 0.6) is 5.75 Å². The van der Waals surface area contributed by atoms with Gasteiger partial charge in [-0.25, -0.2) is 0 Å². The van der Waals surface area contributed by atoms with E-state index in [0.717, 1.165) is 36.9 Å². The molecule has 0 radical (unpaired) electrons. The van der Waals surface area contributed by atoms with Crippen molar-refractivity contribution in [3.8, 4) is 5.75 Å². The van der Waals surface area contributed by atoms with Crippen molar-refractivity contribution in [2.24, 2.45) is 5.73 Å². The van der Waals surface area contributed by atoms with E-state index in [1.165, 1.54) is 5.56 Å². The molecule has 1 aliphatic carbocycles. The van der Waals surface area contributed by atoms with Gasteiger partial charge in [0.15, 0.2) is 0 Å². The average Bonchev–Trinajstić information content (AvgIpc) is 2.58. The minimum atomic E-state index is -0.382. The van der Waals surface area contributed by atoms with Gasteiger partial charge >= 0.3 is 0 Å². The lowest BCUT2D eigenvalue weighted by molar-refractivity contribution is 0.0999. The first-order chi connectivity index (χ1) is 11.5. The molecular weight excluding hydrogens is 300 g/mol. The Morgan fingerprint density at radius 1 is 1.08 bits per heavy atom. The third kappa shape index (κ3) is 3.70. The van der Waals surface area contributed by atoms with Crippen LogP contribution in [0.3, 0.4) is 0 Å². The molecule has 0 aromatic heterocycles. The largest absolute Gasteiger partial charge is 0.508 e. The molecule has 3 rings (SSSR count). The molecule has 126 valence electrons. The molecule has 4 N–H and O–H groups in total. The molecule has 0 heterocycles. The third-order valence-corrected chi connectivity index (χ3v) is 4.97. The van der Waals surface area contributed by atoms with Crippen LogP contribution in [0.25, 0.3) is 0 Å². The van der Waals surface area contributed by atoms with Crippen LogP contribution in [0.2, 0.25) is 0 Å². The van der Waals surface area contributed by atoms with Gasteiger partial charge in [-0.2, -0.15) is 0 Å². The number of hydrogen-bond acceptors (Lipinski definition) is 3. The monoisotopic (exact) mass is 324 g/mol. The number of aromatic hydroxyl groups is 1. The predicted molar refractivity (Wildman–Crippen MR) is 96.4 cm³/mol. The lowest BCUT2D eigenvalue weighted by atomic mass is 9.81. The highest BCUT2D eigenvalue weighted by Crippen LogP contribution is 2.34. The number of phenolic OH excluding ortho intramolecular Hbond substituents is 1. The summed E-state index contributed by atoms with van der Waals surface area (Å²) in [6, 6.07) is 13.8. The minimum Gasteiger partial charge on any atom is -0.508 e. The normalized spacial score (nSPS) is 20.5. The highest BCUT2D eigenvalue weighted by molar-refractivity contribution is 5.95. The van der Waals surface area contributed by atoms with E-state index in [2.05, 4.69) is 5.32 Å². The van der Waals surface area contributed by atoms with Gasteiger partial charge < -0.3 is 16.2 Å². The fourth-order valence-electron chi connectivity index (χ4n) is 3.53. The van der Waals surface area contributed by atoms with Crippen LogP contribution in [0.4, 0.5) is 5.69 Å². The summed E-state index contributed by atoms with van der Waals surface area (Å²) in [7, 11) is 0. The summed E-state index contributed by atoms with van der Waals surface area (Å²) < 4.78 is 0. The van der Waals surface area contributed by atoms with E-state index in [1.54, 1.807) is 12.1 Å². The second kappa shape index (κ2) is 6.95. The first-order valence-electron chi connectivity index (χ1n) is 8.49. The van der Waals surface area contributed by atoms with Crippen LogP contribution in [0.1, 0.15) is 53.1 Å². The maximum atomic E-state index is 11.5. The van der Waals surface area contributed by atoms with E-state index in [9.17, 15) is 9.90 Å². The van der Waals surface area contributed by atoms with Crippen LogP contribution in [0.15, 0.2) is 42.5 Å². The molecule has 4 nitrogen and oxygen atoms in total. The molecule has 0 aliphatic heterocycles. The number of primary amides is 1. The minimum absolute atomic E-state index is 0.318. The summed E-state index contributed by atoms with van der Waals surface area (Å²) in [5.41, 5.74) is 9.18. The van der Waals surface area contributed by atoms with E-state index in [-0.39, 0.29) is 5.91 Å². The highest BCUT2D eigenvalue weighted by atomic mass is 16.3. The molecule has 1 fully saturated rings. The number of nitrogens with one attached hydrogen (secondary N) is 1. The Morgan fingerprint density at radius 3 is 2.38 bits per heavy atom. The van der Waals surface area contributed by atoms with Crippen molar-refractivity contribution in [1.82, 2.24) is 0 Å². The van der Waals surface area contributed by atoms with Crippen molar-refractivity contribution in [3.63, 3.8) is 0 Å². The molecule has 0 saturated heterocycles. The first-order valence-corrected chi connectivity index (χ1v) is 8.49. The quantitative estimate of drug-likeness (QED) is 0.797. The molecule has 1 amide bonds. The number of anilines is 1. The Labute approximate surface area is 142 Å². The topological polar surface area (TPSA) is 75.3 Å². The van der Waals surface area contributed by atoms with Crippen molar-refractivity contribution in [2.45, 2.75) is 44.6 Å². The smallest absolute Gasteiger partial charge is 0.249 e. The van der Waals surface area contributed by atoms with Gasteiger partial charge in [-0.15, -0.1) is 0 Å². The van der Waals surface area contributed by atoms with Gasteiger partial charge in [0.1, 0.15) is 5.75 Å². The second-order valence-corrected chi connectivity index (χ2v) is 6.68. The molecule has 0 bridgehead atoms. The Kier molecular flexibility index (Phi) is 4.74. The molecule has 0 spiro atoms. The van der Waals surface area contributed by atoms with E-state index in [1.807, 2.05) is 37.3 Å². The first kappa shape index (κ1) is 16.4. The van der Waals surface area contributed by atoms with Crippen molar-refractivity contribution in [1.29, 1.82) is 0 Å². The Morgan fingerprint density at radius 2 is 1.75 bits per heavy atom. The lowest BCUT2D eigenvalue weighted by Gasteiger charge is -2.30. The van der Waals surface area contributed by atoms with Crippen molar-refractivity contribution >= 4 is 11.6 Å². The Bertz CT molecular complexity index is 717. The van der Waals surface area contributed by atoms with Gasteiger partial charge in [0.05, 0.1) is 0 Å². The third-order valence-electron chi connectivity index (χ3n) is 4.97. The molecule has 2 aromatic carbocycles. The van der Waals surface area contributed by atoms with Gasteiger partial charge in [0.2, 0.25) is 5.91 Å². The van der Waals surface area contributed by atoms with E-state index >= 15 is 0 Å². The SMILES string of the molecule is Cc1ccc(NC2CCC(c3ccc(O)cc3)CC2)cc1C(N)=O. The maximum Gasteiger partial charge on any atom is 0.249 e. The number of benzene rings is 2. The van der Waals surface area contributed by atoms with Crippen LogP contribution in [-0.2, 0) is 0 Å². The molecule has 0 unspecified atom stereocenters. The lowest BCUT2D eigenvalue weighted by Crippen LogP contribution is -2.25. The zero-order valence-corrected chi connectivity index (χ0v) is 14.0. The highest BCUT2D eigenvalue weighted by Gasteiger charge is 2.22. The average molecular weight is 324 g/mol. The summed E-state index contributed by atoms with van der Waals surface area (Å²) in [5, 5.41) is 12.9. The van der Waals surface area contributed by atoms with E-state index in [4.69, 9.17) is 5.73 Å². The van der Waals surface area contributed by atoms with Crippen molar-refractivity contribution in [2.75, 3.05) is 5.32 Å². The summed E-state index contributed by atoms with van der Waals surface area (Å²) in [5.74, 6) is 0.494. The molecular formula is C20H24N2O2. The van der Waals surface area contributed by atoms with Gasteiger partial charge in [-0.05, 0) is 73.9 Å². The number of phenols is 1. The Balaban J connectivity index is 1.60. The van der Waals surface area contributed by atoms with Crippen LogP contribution in [-0.4, -0.2) is 17.1 Å². The van der Waals surface area contributed by atoms with Crippen LogP contribution < -0.4 is 11.1 Å². The van der Waals surface area contributed by atoms with Crippen LogP contribution in [0, 0.1) is 6.92 Å². The number of hydrogen-bond donors (Lipinski definition) is 3. The molecule has 1 aliphatic rings. The summed E-state index contributed by atoms with van der Waals surface area (Å²) in [6.07, 6.45) is 4.42. The number of aryl methyl sites for hydroxylation is 1. The number of amides is 1. The van der Waals surface area contributed by atoms with Gasteiger partial charge in [-0.1, -0.05) is 18.2 Å². The van der Waals surface area contributed by atoms with Gasteiger partial charge in [0, 0.05) is 17.3 Å². The predicted octanol–water partition coefficient (Wildman–Crippen LogP) is 3.94. The zero-order valence-electron chi connectivity index (χ0n) is 14.0. The van der Waals surface area contributed by atoms with Gasteiger partial charge in [-0.3, -0.25) is 4.79 Å². The van der Waals surface area contributed by atoms with E-state index in [0.29, 0.717) is 23.3 Å². The molecule has 24 heavy (non-hydrogen) atoms. The fraction of sp³-hybridized carbons (Fsp3) is 0.350.